The molecule has 1 aliphatic heterocycles. The SMILES string of the molecule is CC1(C)c2ccccc2N(c2ccc(C#N)c(-n3c4ccccc4c4ccccc43)c2)c2ccccc21. The first-order valence-corrected chi connectivity index (χ1v) is 12.6. The molecule has 0 bridgehead atoms. The number of rotatable bonds is 2. The fraction of sp³-hybridized carbons (Fsp3) is 0.0882. The zero-order chi connectivity index (χ0) is 25.1. The molecule has 3 heteroatoms. The maximum absolute atomic E-state index is 10.2. The normalized spacial score (nSPS) is 13.8. The highest BCUT2D eigenvalue weighted by molar-refractivity contribution is 6.09. The first-order valence-electron chi connectivity index (χ1n) is 12.6. The number of benzene rings is 5. The molecule has 3 nitrogen and oxygen atoms in total. The van der Waals surface area contributed by atoms with Gasteiger partial charge in [0.05, 0.1) is 33.7 Å². The van der Waals surface area contributed by atoms with Gasteiger partial charge in [-0.25, -0.2) is 0 Å². The van der Waals surface area contributed by atoms with E-state index in [1.165, 1.54) is 33.3 Å². The van der Waals surface area contributed by atoms with E-state index in [0.29, 0.717) is 5.56 Å². The fourth-order valence-electron chi connectivity index (χ4n) is 6.07. The van der Waals surface area contributed by atoms with Crippen LogP contribution in [0.3, 0.4) is 0 Å². The van der Waals surface area contributed by atoms with Crippen LogP contribution in [0.2, 0.25) is 0 Å². The van der Waals surface area contributed by atoms with E-state index in [9.17, 15) is 5.26 Å². The topological polar surface area (TPSA) is 32.0 Å². The van der Waals surface area contributed by atoms with Crippen molar-refractivity contribution in [2.75, 3.05) is 4.90 Å². The highest BCUT2D eigenvalue weighted by Crippen LogP contribution is 2.52. The molecule has 0 spiro atoms. The molecule has 0 fully saturated rings. The Balaban J connectivity index is 1.54. The largest absolute Gasteiger partial charge is 0.310 e. The molecule has 0 unspecified atom stereocenters. The maximum Gasteiger partial charge on any atom is 0.101 e. The fourth-order valence-corrected chi connectivity index (χ4v) is 6.07. The van der Waals surface area contributed by atoms with Crippen molar-refractivity contribution in [2.24, 2.45) is 0 Å². The molecule has 0 N–H and O–H groups in total. The first kappa shape index (κ1) is 21.5. The van der Waals surface area contributed by atoms with Gasteiger partial charge in [-0.05, 0) is 53.6 Å². The van der Waals surface area contributed by atoms with Crippen LogP contribution in [0.4, 0.5) is 17.1 Å². The lowest BCUT2D eigenvalue weighted by molar-refractivity contribution is 0.632. The van der Waals surface area contributed by atoms with Crippen LogP contribution in [0.5, 0.6) is 0 Å². The summed E-state index contributed by atoms with van der Waals surface area (Å²) in [5.74, 6) is 0. The van der Waals surface area contributed by atoms with Gasteiger partial charge in [-0.1, -0.05) is 86.6 Å². The Morgan fingerprint density at radius 1 is 0.595 bits per heavy atom. The van der Waals surface area contributed by atoms with E-state index in [-0.39, 0.29) is 5.41 Å². The Morgan fingerprint density at radius 2 is 1.11 bits per heavy atom. The summed E-state index contributed by atoms with van der Waals surface area (Å²) in [6, 6.07) is 42.8. The van der Waals surface area contributed by atoms with Crippen molar-refractivity contribution < 1.29 is 0 Å². The molecule has 0 radical (unpaired) electrons. The van der Waals surface area contributed by atoms with E-state index in [4.69, 9.17) is 0 Å². The Bertz CT molecular complexity index is 1780. The van der Waals surface area contributed by atoms with E-state index < -0.39 is 0 Å². The Labute approximate surface area is 216 Å². The minimum Gasteiger partial charge on any atom is -0.310 e. The standard InChI is InChI=1S/C34H25N3/c1-34(2)27-13-5-9-17-31(27)36(32-18-10-6-14-28(32)34)24-20-19-23(22-35)33(21-24)37-29-15-7-3-11-25(29)26-12-4-8-16-30(26)37/h3-21H,1-2H3. The lowest BCUT2D eigenvalue weighted by Crippen LogP contribution is -2.30. The number of nitrogens with zero attached hydrogens (tertiary/aromatic N) is 3. The number of para-hydroxylation sites is 4. The van der Waals surface area contributed by atoms with Crippen LogP contribution < -0.4 is 4.90 Å². The molecule has 0 saturated carbocycles. The lowest BCUT2D eigenvalue weighted by atomic mass is 9.73. The summed E-state index contributed by atoms with van der Waals surface area (Å²) in [6.07, 6.45) is 0. The van der Waals surface area contributed by atoms with Gasteiger partial charge in [-0.3, -0.25) is 0 Å². The van der Waals surface area contributed by atoms with Crippen molar-refractivity contribution in [1.82, 2.24) is 4.57 Å². The summed E-state index contributed by atoms with van der Waals surface area (Å²) in [5, 5.41) is 12.5. The van der Waals surface area contributed by atoms with Crippen LogP contribution in [-0.2, 0) is 5.41 Å². The summed E-state index contributed by atoms with van der Waals surface area (Å²) < 4.78 is 2.23. The van der Waals surface area contributed by atoms with E-state index in [2.05, 4.69) is 139 Å². The van der Waals surface area contributed by atoms with Crippen molar-refractivity contribution in [3.05, 3.63) is 132 Å². The van der Waals surface area contributed by atoms with Gasteiger partial charge in [0.15, 0.2) is 0 Å². The molecule has 0 aliphatic carbocycles. The second-order valence-electron chi connectivity index (χ2n) is 10.2. The van der Waals surface area contributed by atoms with Crippen LogP contribution in [0.25, 0.3) is 27.5 Å². The second-order valence-corrected chi connectivity index (χ2v) is 10.2. The maximum atomic E-state index is 10.2. The zero-order valence-corrected chi connectivity index (χ0v) is 20.8. The Hall–Kier alpha value is -4.81. The average Bonchev–Trinajstić information content (AvgIpc) is 3.27. The van der Waals surface area contributed by atoms with Crippen LogP contribution in [0.1, 0.15) is 30.5 Å². The predicted molar refractivity (Wildman–Crippen MR) is 152 cm³/mol. The third-order valence-corrected chi connectivity index (χ3v) is 7.82. The van der Waals surface area contributed by atoms with Gasteiger partial charge in [0.25, 0.3) is 0 Å². The number of hydrogen-bond donors (Lipinski definition) is 0. The quantitative estimate of drug-likeness (QED) is 0.251. The van der Waals surface area contributed by atoms with Crippen molar-refractivity contribution in [1.29, 1.82) is 5.26 Å². The molecular weight excluding hydrogens is 450 g/mol. The van der Waals surface area contributed by atoms with Crippen LogP contribution in [-0.4, -0.2) is 4.57 Å². The summed E-state index contributed by atoms with van der Waals surface area (Å²) in [7, 11) is 0. The molecule has 0 atom stereocenters. The molecule has 2 heterocycles. The van der Waals surface area contributed by atoms with E-state index in [1.54, 1.807) is 0 Å². The Morgan fingerprint density at radius 3 is 1.68 bits per heavy atom. The van der Waals surface area contributed by atoms with Gasteiger partial charge in [0.2, 0.25) is 0 Å². The Kier molecular flexibility index (Phi) is 4.55. The summed E-state index contributed by atoms with van der Waals surface area (Å²) in [4.78, 5) is 2.34. The highest BCUT2D eigenvalue weighted by Gasteiger charge is 2.36. The number of anilines is 3. The second kappa shape index (κ2) is 7.85. The smallest absolute Gasteiger partial charge is 0.101 e. The van der Waals surface area contributed by atoms with Crippen LogP contribution in [0, 0.1) is 11.3 Å². The van der Waals surface area contributed by atoms with Crippen molar-refractivity contribution in [3.63, 3.8) is 0 Å². The predicted octanol–water partition coefficient (Wildman–Crippen LogP) is 8.76. The van der Waals surface area contributed by atoms with E-state index in [1.807, 2.05) is 6.07 Å². The minimum atomic E-state index is -0.119. The summed E-state index contributed by atoms with van der Waals surface area (Å²) >= 11 is 0. The van der Waals surface area contributed by atoms with Crippen molar-refractivity contribution >= 4 is 38.9 Å². The molecule has 7 rings (SSSR count). The molecule has 176 valence electrons. The average molecular weight is 476 g/mol. The first-order chi connectivity index (χ1) is 18.1. The van der Waals surface area contributed by atoms with Gasteiger partial charge in [0, 0.05) is 21.9 Å². The molecule has 5 aromatic carbocycles. The molecular formula is C34H25N3. The van der Waals surface area contributed by atoms with Gasteiger partial charge in [-0.15, -0.1) is 0 Å². The minimum absolute atomic E-state index is 0.119. The summed E-state index contributed by atoms with van der Waals surface area (Å²) in [6.45, 7) is 4.59. The van der Waals surface area contributed by atoms with E-state index >= 15 is 0 Å². The highest BCUT2D eigenvalue weighted by atomic mass is 15.2. The third kappa shape index (κ3) is 3.00. The zero-order valence-electron chi connectivity index (χ0n) is 20.8. The van der Waals surface area contributed by atoms with E-state index in [0.717, 1.165) is 22.4 Å². The molecule has 37 heavy (non-hydrogen) atoms. The number of aromatic nitrogens is 1. The van der Waals surface area contributed by atoms with Crippen molar-refractivity contribution in [2.45, 2.75) is 19.3 Å². The number of fused-ring (bicyclic) bond motifs is 5. The van der Waals surface area contributed by atoms with Crippen LogP contribution >= 0.6 is 0 Å². The lowest BCUT2D eigenvalue weighted by Gasteiger charge is -2.42. The van der Waals surface area contributed by atoms with Gasteiger partial charge < -0.3 is 9.47 Å². The van der Waals surface area contributed by atoms with Crippen molar-refractivity contribution in [3.8, 4) is 11.8 Å². The molecule has 6 aromatic rings. The molecule has 0 saturated heterocycles. The van der Waals surface area contributed by atoms with Gasteiger partial charge >= 0.3 is 0 Å². The molecule has 0 amide bonds. The summed E-state index contributed by atoms with van der Waals surface area (Å²) in [5.41, 5.74) is 9.56. The number of hydrogen-bond acceptors (Lipinski definition) is 2. The van der Waals surface area contributed by atoms with Gasteiger partial charge in [-0.2, -0.15) is 5.26 Å². The number of nitriles is 1. The van der Waals surface area contributed by atoms with Gasteiger partial charge in [0.1, 0.15) is 6.07 Å². The monoisotopic (exact) mass is 475 g/mol. The molecule has 1 aromatic heterocycles. The third-order valence-electron chi connectivity index (χ3n) is 7.82. The molecule has 1 aliphatic rings. The van der Waals surface area contributed by atoms with Crippen LogP contribution in [0.15, 0.2) is 115 Å².